The number of aryl methyl sites for hydroxylation is 4. The average Bonchev–Trinajstić information content (AvgIpc) is 2.97. The molecule has 5 aromatic rings. The van der Waals surface area contributed by atoms with Crippen molar-refractivity contribution in [3.05, 3.63) is 118 Å². The summed E-state index contributed by atoms with van der Waals surface area (Å²) in [6.07, 6.45) is 11.6. The van der Waals surface area contributed by atoms with E-state index in [0.717, 1.165) is 57.5 Å². The zero-order valence-corrected chi connectivity index (χ0v) is 23.8. The number of nitrogen functional groups attached to an aromatic ring is 1. The molecule has 0 bridgehead atoms. The number of fused-ring (bicyclic) bond motifs is 1. The van der Waals surface area contributed by atoms with E-state index < -0.39 is 0 Å². The van der Waals surface area contributed by atoms with Gasteiger partial charge in [0.2, 0.25) is 0 Å². The summed E-state index contributed by atoms with van der Waals surface area (Å²) in [4.78, 5) is 12.1. The van der Waals surface area contributed by atoms with Crippen molar-refractivity contribution in [2.45, 2.75) is 53.6 Å². The van der Waals surface area contributed by atoms with Crippen molar-refractivity contribution in [2.75, 3.05) is 10.6 Å². The second-order valence-corrected chi connectivity index (χ2v) is 10.5. The molecule has 0 aliphatic rings. The Morgan fingerprint density at radius 1 is 0.850 bits per heavy atom. The Morgan fingerprint density at radius 3 is 2.40 bits per heavy atom. The fourth-order valence-corrected chi connectivity index (χ4v) is 5.36. The third-order valence-electron chi connectivity index (χ3n) is 7.66. The summed E-state index contributed by atoms with van der Waals surface area (Å²) < 4.78 is 0. The van der Waals surface area contributed by atoms with E-state index in [2.05, 4.69) is 98.1 Å². The molecule has 0 saturated heterocycles. The van der Waals surface area contributed by atoms with Crippen molar-refractivity contribution in [3.63, 3.8) is 0 Å². The molecule has 3 aromatic carbocycles. The molecule has 2 N–H and O–H groups in total. The maximum Gasteiger partial charge on any atom is 0.137 e. The number of nitrogens with two attached hydrogens (primary N) is 1. The van der Waals surface area contributed by atoms with Crippen LogP contribution in [0.3, 0.4) is 0 Å². The number of anilines is 2. The van der Waals surface area contributed by atoms with Gasteiger partial charge in [0, 0.05) is 47.7 Å². The third kappa shape index (κ3) is 5.55. The van der Waals surface area contributed by atoms with Crippen LogP contribution in [0, 0.1) is 26.2 Å². The molecule has 0 atom stereocenters. The Labute approximate surface area is 237 Å². The summed E-state index contributed by atoms with van der Waals surface area (Å²) in [5.74, 6) is 3.84. The van der Waals surface area contributed by atoms with E-state index in [1.54, 1.807) is 0 Å². The first-order valence-corrected chi connectivity index (χ1v) is 13.9. The molecule has 4 nitrogen and oxygen atoms in total. The number of nitrogens with zero attached hydrogens (tertiary/aromatic N) is 3. The maximum atomic E-state index is 6.27. The molecule has 0 fully saturated rings. The first-order valence-electron chi connectivity index (χ1n) is 13.9. The topological polar surface area (TPSA) is 55.0 Å². The van der Waals surface area contributed by atoms with Crippen molar-refractivity contribution in [1.82, 2.24) is 9.97 Å². The van der Waals surface area contributed by atoms with Crippen LogP contribution in [-0.4, -0.2) is 9.97 Å². The number of rotatable bonds is 8. The molecule has 200 valence electrons. The summed E-state index contributed by atoms with van der Waals surface area (Å²) >= 11 is 0. The summed E-state index contributed by atoms with van der Waals surface area (Å²) in [6.45, 7) is 9.93. The number of hydrogen-bond donors (Lipinski definition) is 1. The van der Waals surface area contributed by atoms with Gasteiger partial charge in [-0.3, -0.25) is 4.98 Å². The fraction of sp³-hybridized carbons (Fsp3) is 0.222. The molecule has 0 amide bonds. The molecular formula is C36H36N4. The second kappa shape index (κ2) is 11.6. The highest BCUT2D eigenvalue weighted by atomic mass is 15.2. The highest BCUT2D eigenvalue weighted by molar-refractivity contribution is 5.96. The minimum absolute atomic E-state index is 0.625. The van der Waals surface area contributed by atoms with Gasteiger partial charge in [0.25, 0.3) is 0 Å². The van der Waals surface area contributed by atoms with E-state index in [9.17, 15) is 0 Å². The highest BCUT2D eigenvalue weighted by Gasteiger charge is 2.19. The molecule has 4 heteroatoms. The van der Waals surface area contributed by atoms with Gasteiger partial charge >= 0.3 is 0 Å². The fourth-order valence-electron chi connectivity index (χ4n) is 5.36. The zero-order chi connectivity index (χ0) is 28.2. The van der Waals surface area contributed by atoms with Crippen LogP contribution < -0.4 is 10.6 Å². The Hall–Kier alpha value is -4.62. The monoisotopic (exact) mass is 524 g/mol. The Balaban J connectivity index is 1.73. The lowest BCUT2D eigenvalue weighted by Crippen LogP contribution is -2.25. The van der Waals surface area contributed by atoms with Gasteiger partial charge in [-0.2, -0.15) is 0 Å². The smallest absolute Gasteiger partial charge is 0.137 e. The lowest BCUT2D eigenvalue weighted by molar-refractivity contribution is 0.783. The molecule has 5 rings (SSSR count). The summed E-state index contributed by atoms with van der Waals surface area (Å²) in [5, 5.41) is 2.10. The van der Waals surface area contributed by atoms with Crippen molar-refractivity contribution < 1.29 is 0 Å². The predicted molar refractivity (Wildman–Crippen MR) is 168 cm³/mol. The highest BCUT2D eigenvalue weighted by Crippen LogP contribution is 2.34. The average molecular weight is 525 g/mol. The van der Waals surface area contributed by atoms with Gasteiger partial charge in [0.1, 0.15) is 5.82 Å². The number of hydrogen-bond acceptors (Lipinski definition) is 4. The van der Waals surface area contributed by atoms with Gasteiger partial charge in [-0.25, -0.2) is 4.98 Å². The van der Waals surface area contributed by atoms with Gasteiger partial charge in [0.05, 0.1) is 5.69 Å². The zero-order valence-electron chi connectivity index (χ0n) is 23.8. The minimum Gasteiger partial charge on any atom is -0.399 e. The SMILES string of the molecule is C#Cc1cc(CC)ccc1CN(Cc1ccc(C)cc1C)c1nc(-c2cnccc2CC)cc2cc(N)ccc12. The molecular weight excluding hydrogens is 488 g/mol. The minimum atomic E-state index is 0.625. The lowest BCUT2D eigenvalue weighted by Gasteiger charge is -2.28. The van der Waals surface area contributed by atoms with Crippen LogP contribution in [-0.2, 0) is 25.9 Å². The largest absolute Gasteiger partial charge is 0.399 e. The van der Waals surface area contributed by atoms with Crippen LogP contribution in [0.2, 0.25) is 0 Å². The molecule has 0 spiro atoms. The van der Waals surface area contributed by atoms with Gasteiger partial charge in [-0.15, -0.1) is 6.42 Å². The van der Waals surface area contributed by atoms with Crippen LogP contribution in [0.15, 0.2) is 79.1 Å². The quantitative estimate of drug-likeness (QED) is 0.166. The van der Waals surface area contributed by atoms with Crippen LogP contribution in [0.4, 0.5) is 11.5 Å². The summed E-state index contributed by atoms with van der Waals surface area (Å²) in [5.41, 5.74) is 17.2. The third-order valence-corrected chi connectivity index (χ3v) is 7.66. The van der Waals surface area contributed by atoms with Crippen molar-refractivity contribution >= 4 is 22.3 Å². The number of pyridine rings is 2. The van der Waals surface area contributed by atoms with E-state index in [4.69, 9.17) is 17.1 Å². The van der Waals surface area contributed by atoms with Crippen molar-refractivity contribution in [2.24, 2.45) is 0 Å². The van der Waals surface area contributed by atoms with Crippen molar-refractivity contribution in [1.29, 1.82) is 0 Å². The number of terminal acetylenes is 1. The first-order chi connectivity index (χ1) is 19.4. The molecule has 2 aromatic heterocycles. The van der Waals surface area contributed by atoms with Gasteiger partial charge < -0.3 is 10.6 Å². The summed E-state index contributed by atoms with van der Waals surface area (Å²) in [6, 6.07) is 23.4. The van der Waals surface area contributed by atoms with E-state index in [-0.39, 0.29) is 0 Å². The van der Waals surface area contributed by atoms with Crippen LogP contribution in [0.25, 0.3) is 22.0 Å². The Bertz CT molecular complexity index is 1730. The first kappa shape index (κ1) is 27.0. The molecule has 2 heterocycles. The standard InChI is InChI=1S/C36H36N4/c1-6-26-10-12-30(28(8-3)18-26)23-40(22-29-11-9-24(4)17-25(29)5)36-33-14-13-32(37)19-31(33)20-35(39-36)34-21-38-16-15-27(34)7-2/h3,9-21H,6-7,22-23,37H2,1-2,4-5H3. The van der Waals surface area contributed by atoms with Crippen LogP contribution in [0.5, 0.6) is 0 Å². The Morgan fingerprint density at radius 2 is 1.65 bits per heavy atom. The van der Waals surface area contributed by atoms with Gasteiger partial charge in [-0.05, 0) is 96.3 Å². The molecule has 0 aliphatic carbocycles. The molecule has 0 unspecified atom stereocenters. The van der Waals surface area contributed by atoms with Gasteiger partial charge in [-0.1, -0.05) is 55.7 Å². The van der Waals surface area contributed by atoms with E-state index in [1.165, 1.54) is 27.8 Å². The second-order valence-electron chi connectivity index (χ2n) is 10.5. The van der Waals surface area contributed by atoms with Crippen LogP contribution >= 0.6 is 0 Å². The van der Waals surface area contributed by atoms with Gasteiger partial charge in [0.15, 0.2) is 0 Å². The van der Waals surface area contributed by atoms with E-state index >= 15 is 0 Å². The summed E-state index contributed by atoms with van der Waals surface area (Å²) in [7, 11) is 0. The molecule has 0 saturated carbocycles. The Kier molecular flexibility index (Phi) is 7.84. The predicted octanol–water partition coefficient (Wildman–Crippen LogP) is 7.81. The van der Waals surface area contributed by atoms with E-state index in [1.807, 2.05) is 24.5 Å². The lowest BCUT2D eigenvalue weighted by atomic mass is 10.00. The van der Waals surface area contributed by atoms with Crippen LogP contribution in [0.1, 0.15) is 52.8 Å². The molecule has 0 radical (unpaired) electrons. The van der Waals surface area contributed by atoms with E-state index in [0.29, 0.717) is 13.1 Å². The van der Waals surface area contributed by atoms with Crippen molar-refractivity contribution in [3.8, 4) is 23.6 Å². The molecule has 40 heavy (non-hydrogen) atoms. The normalized spacial score (nSPS) is 11.0. The molecule has 0 aliphatic heterocycles. The number of aromatic nitrogens is 2. The maximum absolute atomic E-state index is 6.27. The number of benzene rings is 3.